The van der Waals surface area contributed by atoms with Crippen LogP contribution < -0.4 is 0 Å². The predicted molar refractivity (Wildman–Crippen MR) is 92.4 cm³/mol. The molecule has 2 N–H and O–H groups in total. The van der Waals surface area contributed by atoms with E-state index in [1.54, 1.807) is 0 Å². The van der Waals surface area contributed by atoms with Gasteiger partial charge in [0.1, 0.15) is 0 Å². The molecule has 0 aromatic rings. The normalized spacial score (nSPS) is 16.4. The van der Waals surface area contributed by atoms with Crippen LogP contribution in [0.1, 0.15) is 86.5 Å². The number of hydrogen-bond donors (Lipinski definition) is 2. The Morgan fingerprint density at radius 1 is 1.05 bits per heavy atom. The highest BCUT2D eigenvalue weighted by molar-refractivity contribution is 4.96. The van der Waals surface area contributed by atoms with Crippen molar-refractivity contribution in [1.82, 2.24) is 0 Å². The molecule has 0 aliphatic carbocycles. The molecule has 21 heavy (non-hydrogen) atoms. The average Bonchev–Trinajstić information content (AvgIpc) is 2.34. The van der Waals surface area contributed by atoms with E-state index in [0.29, 0.717) is 5.92 Å². The van der Waals surface area contributed by atoms with Gasteiger partial charge < -0.3 is 10.2 Å². The number of unbranched alkanes of at least 4 members (excludes halogenated alkanes) is 1. The lowest BCUT2D eigenvalue weighted by molar-refractivity contribution is 0.0670. The smallest absolute Gasteiger partial charge is 0.0771 e. The second-order valence-corrected chi connectivity index (χ2v) is 8.01. The predicted octanol–water partition coefficient (Wildman–Crippen LogP) is 5.09. The first-order chi connectivity index (χ1) is 9.58. The van der Waals surface area contributed by atoms with Crippen LogP contribution in [0.4, 0.5) is 0 Å². The van der Waals surface area contributed by atoms with Crippen LogP contribution in [0.25, 0.3) is 0 Å². The van der Waals surface area contributed by atoms with Gasteiger partial charge in [0.05, 0.1) is 11.7 Å². The summed E-state index contributed by atoms with van der Waals surface area (Å²) in [6.45, 7) is 12.4. The Labute approximate surface area is 132 Å². The van der Waals surface area contributed by atoms with E-state index in [1.165, 1.54) is 12.8 Å². The zero-order valence-corrected chi connectivity index (χ0v) is 15.2. The molecule has 0 fully saturated rings. The fourth-order valence-corrected chi connectivity index (χ4v) is 2.48. The van der Waals surface area contributed by atoms with Gasteiger partial charge in [-0.2, -0.15) is 0 Å². The molecule has 126 valence electrons. The van der Waals surface area contributed by atoms with E-state index >= 15 is 0 Å². The molecular formula is C19H38O2. The maximum atomic E-state index is 10.3. The van der Waals surface area contributed by atoms with Crippen LogP contribution in [-0.4, -0.2) is 21.9 Å². The maximum absolute atomic E-state index is 10.3. The topological polar surface area (TPSA) is 40.5 Å². The summed E-state index contributed by atoms with van der Waals surface area (Å²) in [6, 6.07) is 0. The van der Waals surface area contributed by atoms with E-state index in [-0.39, 0.29) is 11.5 Å². The summed E-state index contributed by atoms with van der Waals surface area (Å²) in [5, 5.41) is 20.0. The minimum absolute atomic E-state index is 0.0311. The third kappa shape index (κ3) is 11.0. The average molecular weight is 299 g/mol. The van der Waals surface area contributed by atoms with Crippen LogP contribution in [0.15, 0.2) is 12.2 Å². The lowest BCUT2D eigenvalue weighted by atomic mass is 9.81. The number of aliphatic hydroxyl groups is 2. The second-order valence-electron chi connectivity index (χ2n) is 8.01. The minimum atomic E-state index is -0.547. The van der Waals surface area contributed by atoms with Crippen molar-refractivity contribution in [3.63, 3.8) is 0 Å². The van der Waals surface area contributed by atoms with Crippen molar-refractivity contribution in [2.24, 2.45) is 11.3 Å². The van der Waals surface area contributed by atoms with Gasteiger partial charge in [-0.3, -0.25) is 0 Å². The van der Waals surface area contributed by atoms with Gasteiger partial charge >= 0.3 is 0 Å². The van der Waals surface area contributed by atoms with Crippen LogP contribution in [0, 0.1) is 11.3 Å². The molecule has 0 aliphatic rings. The molecule has 0 spiro atoms. The van der Waals surface area contributed by atoms with Gasteiger partial charge in [0, 0.05) is 0 Å². The van der Waals surface area contributed by atoms with Gasteiger partial charge in [-0.1, -0.05) is 65.5 Å². The van der Waals surface area contributed by atoms with Crippen molar-refractivity contribution in [1.29, 1.82) is 0 Å². The molecule has 0 aromatic heterocycles. The first-order valence-corrected chi connectivity index (χ1v) is 8.65. The van der Waals surface area contributed by atoms with E-state index < -0.39 is 5.60 Å². The SMILES string of the molecule is CCCCC(C)(C)C(O)C=CC[C@H](C)CCCC(C)(C)O. The molecule has 0 aromatic carbocycles. The molecule has 0 radical (unpaired) electrons. The molecule has 0 amide bonds. The van der Waals surface area contributed by atoms with E-state index in [2.05, 4.69) is 33.8 Å². The van der Waals surface area contributed by atoms with E-state index in [9.17, 15) is 10.2 Å². The van der Waals surface area contributed by atoms with E-state index in [0.717, 1.165) is 32.1 Å². The molecule has 0 aliphatic heterocycles. The van der Waals surface area contributed by atoms with E-state index in [1.807, 2.05) is 19.9 Å². The standard InChI is InChI=1S/C19H38O2/c1-7-8-14-18(3,4)17(20)13-9-11-16(2)12-10-15-19(5,6)21/h9,13,16-17,20-21H,7-8,10-12,14-15H2,1-6H3/t16-,17?/m0/s1. The van der Waals surface area contributed by atoms with Gasteiger partial charge in [0.25, 0.3) is 0 Å². The van der Waals surface area contributed by atoms with Crippen LogP contribution in [-0.2, 0) is 0 Å². The summed E-state index contributed by atoms with van der Waals surface area (Å²) >= 11 is 0. The Balaban J connectivity index is 4.02. The molecule has 0 saturated heterocycles. The van der Waals surface area contributed by atoms with Crippen molar-refractivity contribution in [2.45, 2.75) is 98.2 Å². The molecule has 1 unspecified atom stereocenters. The van der Waals surface area contributed by atoms with Gasteiger partial charge in [0.2, 0.25) is 0 Å². The summed E-state index contributed by atoms with van der Waals surface area (Å²) < 4.78 is 0. The zero-order chi connectivity index (χ0) is 16.5. The van der Waals surface area contributed by atoms with Crippen LogP contribution in [0.3, 0.4) is 0 Å². The highest BCUT2D eigenvalue weighted by Crippen LogP contribution is 2.28. The van der Waals surface area contributed by atoms with Gasteiger partial charge in [-0.15, -0.1) is 0 Å². The number of allylic oxidation sites excluding steroid dienone is 1. The highest BCUT2D eigenvalue weighted by atomic mass is 16.3. The summed E-state index contributed by atoms with van der Waals surface area (Å²) in [4.78, 5) is 0. The Bertz CT molecular complexity index is 286. The molecule has 0 saturated carbocycles. The van der Waals surface area contributed by atoms with Gasteiger partial charge in [-0.05, 0) is 44.4 Å². The quantitative estimate of drug-likeness (QED) is 0.522. The minimum Gasteiger partial charge on any atom is -0.390 e. The molecule has 0 bridgehead atoms. The number of rotatable bonds is 11. The van der Waals surface area contributed by atoms with Crippen LogP contribution >= 0.6 is 0 Å². The van der Waals surface area contributed by atoms with Gasteiger partial charge in [-0.25, -0.2) is 0 Å². The monoisotopic (exact) mass is 298 g/mol. The molecule has 2 nitrogen and oxygen atoms in total. The third-order valence-electron chi connectivity index (χ3n) is 4.32. The fraction of sp³-hybridized carbons (Fsp3) is 0.895. The first kappa shape index (κ1) is 20.7. The highest BCUT2D eigenvalue weighted by Gasteiger charge is 2.24. The summed E-state index contributed by atoms with van der Waals surface area (Å²) in [7, 11) is 0. The summed E-state index contributed by atoms with van der Waals surface area (Å²) in [6.07, 6.45) is 11.2. The Morgan fingerprint density at radius 3 is 2.19 bits per heavy atom. The zero-order valence-electron chi connectivity index (χ0n) is 15.2. The molecule has 2 heteroatoms. The lowest BCUT2D eigenvalue weighted by Crippen LogP contribution is -2.27. The molecule has 2 atom stereocenters. The molecular weight excluding hydrogens is 260 g/mol. The molecule has 0 rings (SSSR count). The van der Waals surface area contributed by atoms with E-state index in [4.69, 9.17) is 0 Å². The van der Waals surface area contributed by atoms with Crippen molar-refractivity contribution < 1.29 is 10.2 Å². The summed E-state index contributed by atoms with van der Waals surface area (Å²) in [5.41, 5.74) is -0.578. The van der Waals surface area contributed by atoms with Gasteiger partial charge in [0.15, 0.2) is 0 Å². The third-order valence-corrected chi connectivity index (χ3v) is 4.32. The van der Waals surface area contributed by atoms with Crippen LogP contribution in [0.5, 0.6) is 0 Å². The Hall–Kier alpha value is -0.340. The Kier molecular flexibility index (Phi) is 9.48. The second kappa shape index (κ2) is 9.63. The van der Waals surface area contributed by atoms with Crippen molar-refractivity contribution >= 4 is 0 Å². The molecule has 0 heterocycles. The number of aliphatic hydroxyl groups excluding tert-OH is 1. The Morgan fingerprint density at radius 2 is 1.67 bits per heavy atom. The maximum Gasteiger partial charge on any atom is 0.0771 e. The van der Waals surface area contributed by atoms with Crippen molar-refractivity contribution in [2.75, 3.05) is 0 Å². The lowest BCUT2D eigenvalue weighted by Gasteiger charge is -2.28. The fourth-order valence-electron chi connectivity index (χ4n) is 2.48. The largest absolute Gasteiger partial charge is 0.390 e. The van der Waals surface area contributed by atoms with Crippen molar-refractivity contribution in [3.8, 4) is 0 Å². The summed E-state index contributed by atoms with van der Waals surface area (Å²) in [5.74, 6) is 0.606. The first-order valence-electron chi connectivity index (χ1n) is 8.65. The van der Waals surface area contributed by atoms with Crippen molar-refractivity contribution in [3.05, 3.63) is 12.2 Å². The number of hydrogen-bond acceptors (Lipinski definition) is 2. The van der Waals surface area contributed by atoms with Crippen LogP contribution in [0.2, 0.25) is 0 Å².